The van der Waals surface area contributed by atoms with Crippen molar-refractivity contribution in [3.8, 4) is 0 Å². The van der Waals surface area contributed by atoms with E-state index in [2.05, 4.69) is 40.2 Å². The molecular formula is C15H22N4O. The van der Waals surface area contributed by atoms with Crippen LogP contribution in [-0.4, -0.2) is 34.2 Å². The molecule has 5 nitrogen and oxygen atoms in total. The largest absolute Gasteiger partial charge is 0.377 e. The van der Waals surface area contributed by atoms with Crippen molar-refractivity contribution in [2.45, 2.75) is 40.2 Å². The summed E-state index contributed by atoms with van der Waals surface area (Å²) in [4.78, 5) is 13.1. The highest BCUT2D eigenvalue weighted by molar-refractivity contribution is 5.89. The highest BCUT2D eigenvalue weighted by Crippen LogP contribution is 2.22. The Morgan fingerprint density at radius 2 is 2.05 bits per heavy atom. The third-order valence-electron chi connectivity index (χ3n) is 3.28. The van der Waals surface area contributed by atoms with E-state index in [-0.39, 0.29) is 6.10 Å². The van der Waals surface area contributed by atoms with Gasteiger partial charge in [0, 0.05) is 18.8 Å². The van der Waals surface area contributed by atoms with Crippen molar-refractivity contribution >= 4 is 16.9 Å². The lowest BCUT2D eigenvalue weighted by atomic mass is 10.1. The lowest BCUT2D eigenvalue weighted by molar-refractivity contribution is 0.0695. The molecule has 0 aromatic carbocycles. The molecule has 0 aliphatic heterocycles. The van der Waals surface area contributed by atoms with Gasteiger partial charge in [-0.25, -0.2) is 15.0 Å². The molecule has 0 aliphatic carbocycles. The molecule has 2 aromatic rings. The summed E-state index contributed by atoms with van der Waals surface area (Å²) in [6.07, 6.45) is 2.72. The van der Waals surface area contributed by atoms with Crippen LogP contribution < -0.4 is 5.32 Å². The van der Waals surface area contributed by atoms with Gasteiger partial charge < -0.3 is 10.1 Å². The number of ether oxygens (including phenoxy) is 1. The first kappa shape index (κ1) is 14.7. The quantitative estimate of drug-likeness (QED) is 0.877. The minimum absolute atomic E-state index is 0.198. The molecule has 20 heavy (non-hydrogen) atoms. The van der Waals surface area contributed by atoms with Gasteiger partial charge in [0.05, 0.1) is 11.5 Å². The van der Waals surface area contributed by atoms with Gasteiger partial charge in [-0.1, -0.05) is 6.92 Å². The molecule has 0 spiro atoms. The molecule has 0 saturated heterocycles. The maximum absolute atomic E-state index is 5.65. The molecule has 2 rings (SSSR count). The first-order valence-corrected chi connectivity index (χ1v) is 7.10. The lowest BCUT2D eigenvalue weighted by Gasteiger charge is -2.17. The minimum atomic E-state index is 0.198. The second-order valence-corrected chi connectivity index (χ2v) is 4.87. The lowest BCUT2D eigenvalue weighted by Crippen LogP contribution is -2.23. The maximum atomic E-state index is 5.65. The van der Waals surface area contributed by atoms with Crippen molar-refractivity contribution in [3.05, 3.63) is 23.7 Å². The molecule has 108 valence electrons. The molecule has 0 aliphatic rings. The standard InChI is InChI=1S/C15H22N4O/c1-5-12(20-6-2)8-16-14-13-10(3)7-11(4)19-15(13)18-9-17-14/h7,9,12H,5-6,8H2,1-4H3,(H,16,17,18,19)/t12-/m0/s1. The Balaban J connectivity index is 2.26. The van der Waals surface area contributed by atoms with Crippen LogP contribution >= 0.6 is 0 Å². The number of aryl methyl sites for hydroxylation is 2. The van der Waals surface area contributed by atoms with Crippen molar-refractivity contribution in [1.29, 1.82) is 0 Å². The predicted octanol–water partition coefficient (Wildman–Crippen LogP) is 2.87. The summed E-state index contributed by atoms with van der Waals surface area (Å²) >= 11 is 0. The second kappa shape index (κ2) is 6.61. The summed E-state index contributed by atoms with van der Waals surface area (Å²) in [7, 11) is 0. The molecular weight excluding hydrogens is 252 g/mol. The second-order valence-electron chi connectivity index (χ2n) is 4.87. The fourth-order valence-corrected chi connectivity index (χ4v) is 2.31. The average molecular weight is 274 g/mol. The Hall–Kier alpha value is -1.75. The van der Waals surface area contributed by atoms with E-state index in [1.54, 1.807) is 6.33 Å². The zero-order valence-corrected chi connectivity index (χ0v) is 12.6. The van der Waals surface area contributed by atoms with E-state index in [4.69, 9.17) is 4.74 Å². The van der Waals surface area contributed by atoms with Gasteiger partial charge >= 0.3 is 0 Å². The maximum Gasteiger partial charge on any atom is 0.165 e. The number of nitrogens with one attached hydrogen (secondary N) is 1. The fraction of sp³-hybridized carbons (Fsp3) is 0.533. The normalized spacial score (nSPS) is 12.6. The molecule has 5 heteroatoms. The monoisotopic (exact) mass is 274 g/mol. The van der Waals surface area contributed by atoms with Crippen molar-refractivity contribution in [2.24, 2.45) is 0 Å². The van der Waals surface area contributed by atoms with E-state index in [9.17, 15) is 0 Å². The summed E-state index contributed by atoms with van der Waals surface area (Å²) < 4.78 is 5.65. The van der Waals surface area contributed by atoms with E-state index in [0.29, 0.717) is 0 Å². The Morgan fingerprint density at radius 1 is 1.25 bits per heavy atom. The molecule has 2 heterocycles. The number of fused-ring (bicyclic) bond motifs is 1. The minimum Gasteiger partial charge on any atom is -0.377 e. The molecule has 0 fully saturated rings. The number of anilines is 1. The topological polar surface area (TPSA) is 59.9 Å². The Labute approximate surface area is 119 Å². The van der Waals surface area contributed by atoms with Crippen LogP contribution in [0, 0.1) is 13.8 Å². The van der Waals surface area contributed by atoms with Crippen molar-refractivity contribution < 1.29 is 4.74 Å². The van der Waals surface area contributed by atoms with Crippen LogP contribution in [0.2, 0.25) is 0 Å². The summed E-state index contributed by atoms with van der Waals surface area (Å²) in [5.41, 5.74) is 2.85. The smallest absolute Gasteiger partial charge is 0.165 e. The number of rotatable bonds is 6. The van der Waals surface area contributed by atoms with E-state index in [1.165, 1.54) is 0 Å². The highest BCUT2D eigenvalue weighted by atomic mass is 16.5. The van der Waals surface area contributed by atoms with Crippen LogP contribution in [0.25, 0.3) is 11.0 Å². The van der Waals surface area contributed by atoms with Gasteiger partial charge in [-0.3, -0.25) is 0 Å². The highest BCUT2D eigenvalue weighted by Gasteiger charge is 2.11. The van der Waals surface area contributed by atoms with Gasteiger partial charge in [-0.2, -0.15) is 0 Å². The first-order chi connectivity index (χ1) is 9.65. The van der Waals surface area contributed by atoms with Gasteiger partial charge in [-0.15, -0.1) is 0 Å². The Bertz CT molecular complexity index is 585. The molecule has 0 radical (unpaired) electrons. The van der Waals surface area contributed by atoms with E-state index >= 15 is 0 Å². The number of hydrogen-bond donors (Lipinski definition) is 1. The number of nitrogens with zero attached hydrogens (tertiary/aromatic N) is 3. The molecule has 0 bridgehead atoms. The van der Waals surface area contributed by atoms with Gasteiger partial charge in [0.2, 0.25) is 0 Å². The summed E-state index contributed by atoms with van der Waals surface area (Å²) in [5, 5.41) is 4.36. The first-order valence-electron chi connectivity index (χ1n) is 7.10. The van der Waals surface area contributed by atoms with Crippen LogP contribution in [0.1, 0.15) is 31.5 Å². The van der Waals surface area contributed by atoms with E-state index < -0.39 is 0 Å². The summed E-state index contributed by atoms with van der Waals surface area (Å²) in [6, 6.07) is 2.05. The molecule has 0 saturated carbocycles. The Kier molecular flexibility index (Phi) is 4.84. The van der Waals surface area contributed by atoms with Gasteiger partial charge in [0.25, 0.3) is 0 Å². The molecule has 1 N–H and O–H groups in total. The predicted molar refractivity (Wildman–Crippen MR) is 81.0 cm³/mol. The third kappa shape index (κ3) is 3.22. The van der Waals surface area contributed by atoms with Gasteiger partial charge in [0.1, 0.15) is 12.1 Å². The average Bonchev–Trinajstić information content (AvgIpc) is 2.42. The van der Waals surface area contributed by atoms with Crippen LogP contribution in [0.4, 0.5) is 5.82 Å². The molecule has 0 unspecified atom stereocenters. The molecule has 0 amide bonds. The number of pyridine rings is 1. The number of hydrogen-bond acceptors (Lipinski definition) is 5. The van der Waals surface area contributed by atoms with Crippen LogP contribution in [-0.2, 0) is 4.74 Å². The van der Waals surface area contributed by atoms with Crippen LogP contribution in [0.3, 0.4) is 0 Å². The van der Waals surface area contributed by atoms with Crippen molar-refractivity contribution in [1.82, 2.24) is 15.0 Å². The van der Waals surface area contributed by atoms with Gasteiger partial charge in [0.15, 0.2) is 5.65 Å². The van der Waals surface area contributed by atoms with Crippen LogP contribution in [0.5, 0.6) is 0 Å². The molecule has 1 atom stereocenters. The summed E-state index contributed by atoms with van der Waals surface area (Å²) in [5.74, 6) is 0.832. The zero-order valence-electron chi connectivity index (χ0n) is 12.6. The molecule has 2 aromatic heterocycles. The van der Waals surface area contributed by atoms with Gasteiger partial charge in [-0.05, 0) is 38.8 Å². The van der Waals surface area contributed by atoms with Crippen molar-refractivity contribution in [2.75, 3.05) is 18.5 Å². The Morgan fingerprint density at radius 3 is 2.75 bits per heavy atom. The SMILES string of the molecule is CCO[C@@H](CC)CNc1ncnc2nc(C)cc(C)c12. The summed E-state index contributed by atoms with van der Waals surface area (Å²) in [6.45, 7) is 9.64. The van der Waals surface area contributed by atoms with Crippen LogP contribution in [0.15, 0.2) is 12.4 Å². The third-order valence-corrected chi connectivity index (χ3v) is 3.28. The van der Waals surface area contributed by atoms with E-state index in [1.807, 2.05) is 13.8 Å². The van der Waals surface area contributed by atoms with Crippen molar-refractivity contribution in [3.63, 3.8) is 0 Å². The zero-order chi connectivity index (χ0) is 14.5. The number of aromatic nitrogens is 3. The fourth-order valence-electron chi connectivity index (χ4n) is 2.31. The van der Waals surface area contributed by atoms with E-state index in [0.717, 1.165) is 47.7 Å².